The number of hydrogen-bond acceptors (Lipinski definition) is 5. The monoisotopic (exact) mass is 304 g/mol. The van der Waals surface area contributed by atoms with Crippen molar-refractivity contribution < 1.29 is 14.3 Å². The smallest absolute Gasteiger partial charge is 0.249 e. The Labute approximate surface area is 126 Å². The second-order valence-corrected chi connectivity index (χ2v) is 6.28. The number of fused-ring (bicyclic) bond motifs is 1. The molecule has 0 spiro atoms. The topological polar surface area (TPSA) is 73.6 Å². The highest BCUT2D eigenvalue weighted by atomic mass is 32.1. The third kappa shape index (κ3) is 2.95. The molecule has 5 nitrogen and oxygen atoms in total. The summed E-state index contributed by atoms with van der Waals surface area (Å²) in [6, 6.07) is 7.53. The van der Waals surface area contributed by atoms with Crippen molar-refractivity contribution in [2.24, 2.45) is 5.73 Å². The van der Waals surface area contributed by atoms with Gasteiger partial charge in [-0.15, -0.1) is 11.3 Å². The van der Waals surface area contributed by atoms with Crippen molar-refractivity contribution in [1.82, 2.24) is 0 Å². The molecule has 0 radical (unpaired) electrons. The standard InChI is InChI=1S/C15H16N2O3S/c1-15(2)19-12-4-3-10(6-13(12)20-15)17-7-11-5-9(8-21-11)14(16)18/h3-6,8,17H,7H2,1-2H3,(H2,16,18). The Kier molecular flexibility index (Phi) is 3.25. The van der Waals surface area contributed by atoms with Crippen molar-refractivity contribution in [3.63, 3.8) is 0 Å². The Hall–Kier alpha value is -2.21. The van der Waals surface area contributed by atoms with E-state index in [1.165, 1.54) is 11.3 Å². The molecule has 2 heterocycles. The van der Waals surface area contributed by atoms with Gasteiger partial charge in [-0.25, -0.2) is 0 Å². The van der Waals surface area contributed by atoms with Gasteiger partial charge in [-0.3, -0.25) is 4.79 Å². The fourth-order valence-corrected chi connectivity index (χ4v) is 2.94. The van der Waals surface area contributed by atoms with E-state index in [0.717, 1.165) is 22.1 Å². The number of anilines is 1. The molecule has 0 aliphatic carbocycles. The number of benzene rings is 1. The van der Waals surface area contributed by atoms with Gasteiger partial charge < -0.3 is 20.5 Å². The van der Waals surface area contributed by atoms with Crippen LogP contribution in [0.15, 0.2) is 29.6 Å². The predicted octanol–water partition coefficient (Wildman–Crippen LogP) is 2.97. The van der Waals surface area contributed by atoms with Gasteiger partial charge in [0.05, 0.1) is 5.56 Å². The first-order valence-corrected chi connectivity index (χ1v) is 7.44. The molecule has 3 N–H and O–H groups in total. The van der Waals surface area contributed by atoms with Gasteiger partial charge in [0.25, 0.3) is 0 Å². The zero-order chi connectivity index (χ0) is 15.0. The highest BCUT2D eigenvalue weighted by Gasteiger charge is 2.31. The van der Waals surface area contributed by atoms with Crippen molar-refractivity contribution in [1.29, 1.82) is 0 Å². The van der Waals surface area contributed by atoms with Crippen molar-refractivity contribution in [3.8, 4) is 11.5 Å². The van der Waals surface area contributed by atoms with Crippen molar-refractivity contribution >= 4 is 22.9 Å². The van der Waals surface area contributed by atoms with Gasteiger partial charge in [0.2, 0.25) is 11.7 Å². The third-order valence-electron chi connectivity index (χ3n) is 3.06. The maximum atomic E-state index is 11.1. The zero-order valence-corrected chi connectivity index (χ0v) is 12.6. The van der Waals surface area contributed by atoms with Gasteiger partial charge in [-0.1, -0.05) is 0 Å². The minimum atomic E-state index is -0.620. The Bertz CT molecular complexity index is 694. The molecule has 0 saturated carbocycles. The molecule has 1 aromatic heterocycles. The van der Waals surface area contributed by atoms with Crippen LogP contribution in [0.1, 0.15) is 29.1 Å². The van der Waals surface area contributed by atoms with Crippen LogP contribution in [0.4, 0.5) is 5.69 Å². The minimum absolute atomic E-state index is 0.400. The normalized spacial score (nSPS) is 15.0. The van der Waals surface area contributed by atoms with Crippen molar-refractivity contribution in [3.05, 3.63) is 40.1 Å². The summed E-state index contributed by atoms with van der Waals surface area (Å²) in [6.07, 6.45) is 0. The number of thiophene rings is 1. The first-order chi connectivity index (χ1) is 9.93. The van der Waals surface area contributed by atoms with Crippen LogP contribution in [0.3, 0.4) is 0 Å². The summed E-state index contributed by atoms with van der Waals surface area (Å²) in [5.41, 5.74) is 6.72. The summed E-state index contributed by atoms with van der Waals surface area (Å²) in [5, 5.41) is 5.06. The Morgan fingerprint density at radius 1 is 1.29 bits per heavy atom. The number of ether oxygens (including phenoxy) is 2. The minimum Gasteiger partial charge on any atom is -0.449 e. The van der Waals surface area contributed by atoms with E-state index in [2.05, 4.69) is 5.32 Å². The summed E-state index contributed by atoms with van der Waals surface area (Å²) < 4.78 is 11.3. The van der Waals surface area contributed by atoms with Crippen LogP contribution in [0.5, 0.6) is 11.5 Å². The Morgan fingerprint density at radius 3 is 2.76 bits per heavy atom. The summed E-state index contributed by atoms with van der Waals surface area (Å²) in [7, 11) is 0. The molecule has 6 heteroatoms. The molecule has 0 atom stereocenters. The van der Waals surface area contributed by atoms with Crippen LogP contribution in [-0.4, -0.2) is 11.7 Å². The molecule has 0 unspecified atom stereocenters. The molecular formula is C15H16N2O3S. The number of nitrogens with one attached hydrogen (secondary N) is 1. The van der Waals surface area contributed by atoms with Gasteiger partial charge >= 0.3 is 0 Å². The molecule has 110 valence electrons. The van der Waals surface area contributed by atoms with Gasteiger partial charge in [-0.05, 0) is 18.2 Å². The van der Waals surface area contributed by atoms with Crippen LogP contribution in [-0.2, 0) is 6.54 Å². The molecule has 1 amide bonds. The molecule has 0 saturated heterocycles. The lowest BCUT2D eigenvalue weighted by Crippen LogP contribution is -2.29. The number of carbonyl (C=O) groups is 1. The van der Waals surface area contributed by atoms with E-state index < -0.39 is 11.7 Å². The SMILES string of the molecule is CC1(C)Oc2ccc(NCc3cc(C(N)=O)cs3)cc2O1. The van der Waals surface area contributed by atoms with Crippen LogP contribution in [0.2, 0.25) is 0 Å². The second kappa shape index (κ2) is 4.96. The highest BCUT2D eigenvalue weighted by Crippen LogP contribution is 2.40. The lowest BCUT2D eigenvalue weighted by atomic mass is 10.2. The number of carbonyl (C=O) groups excluding carboxylic acids is 1. The van der Waals surface area contributed by atoms with E-state index in [0.29, 0.717) is 12.1 Å². The van der Waals surface area contributed by atoms with Crippen LogP contribution >= 0.6 is 11.3 Å². The molecular weight excluding hydrogens is 288 g/mol. The number of primary amides is 1. The molecule has 1 aliphatic rings. The lowest BCUT2D eigenvalue weighted by Gasteiger charge is -2.16. The second-order valence-electron chi connectivity index (χ2n) is 5.28. The average Bonchev–Trinajstić information content (AvgIpc) is 2.98. The van der Waals surface area contributed by atoms with E-state index in [-0.39, 0.29) is 0 Å². The summed E-state index contributed by atoms with van der Waals surface area (Å²) >= 11 is 1.50. The first kappa shape index (κ1) is 13.8. The first-order valence-electron chi connectivity index (χ1n) is 6.56. The van der Waals surface area contributed by atoms with Gasteiger partial charge in [0.15, 0.2) is 11.5 Å². The maximum absolute atomic E-state index is 11.1. The van der Waals surface area contributed by atoms with Crippen LogP contribution < -0.4 is 20.5 Å². The number of rotatable bonds is 4. The Morgan fingerprint density at radius 2 is 2.05 bits per heavy atom. The number of amides is 1. The van der Waals surface area contributed by atoms with E-state index in [1.807, 2.05) is 32.0 Å². The highest BCUT2D eigenvalue weighted by molar-refractivity contribution is 7.10. The summed E-state index contributed by atoms with van der Waals surface area (Å²) in [4.78, 5) is 12.1. The van der Waals surface area contributed by atoms with Crippen LogP contribution in [0.25, 0.3) is 0 Å². The van der Waals surface area contributed by atoms with Gasteiger partial charge in [0, 0.05) is 42.4 Å². The van der Waals surface area contributed by atoms with Crippen molar-refractivity contribution in [2.45, 2.75) is 26.2 Å². The summed E-state index contributed by atoms with van der Waals surface area (Å²) in [5.74, 6) is 0.458. The van der Waals surface area contributed by atoms with E-state index in [4.69, 9.17) is 15.2 Å². The van der Waals surface area contributed by atoms with Crippen molar-refractivity contribution in [2.75, 3.05) is 5.32 Å². The molecule has 3 rings (SSSR count). The number of hydrogen-bond donors (Lipinski definition) is 2. The molecule has 21 heavy (non-hydrogen) atoms. The largest absolute Gasteiger partial charge is 0.449 e. The lowest BCUT2D eigenvalue weighted by molar-refractivity contribution is -0.0431. The molecule has 1 aliphatic heterocycles. The molecule has 1 aromatic carbocycles. The molecule has 0 bridgehead atoms. The van der Waals surface area contributed by atoms with Crippen LogP contribution in [0, 0.1) is 0 Å². The molecule has 0 fully saturated rings. The van der Waals surface area contributed by atoms with E-state index in [1.54, 1.807) is 11.4 Å². The fraction of sp³-hybridized carbons (Fsp3) is 0.267. The molecule has 2 aromatic rings. The fourth-order valence-electron chi connectivity index (χ4n) is 2.12. The number of nitrogens with two attached hydrogens (primary N) is 1. The summed E-state index contributed by atoms with van der Waals surface area (Å²) in [6.45, 7) is 4.37. The average molecular weight is 304 g/mol. The maximum Gasteiger partial charge on any atom is 0.249 e. The van der Waals surface area contributed by atoms with Gasteiger partial charge in [-0.2, -0.15) is 0 Å². The quantitative estimate of drug-likeness (QED) is 0.910. The third-order valence-corrected chi connectivity index (χ3v) is 4.00. The Balaban J connectivity index is 1.68. The predicted molar refractivity (Wildman–Crippen MR) is 81.9 cm³/mol. The zero-order valence-electron chi connectivity index (χ0n) is 11.8. The van der Waals surface area contributed by atoms with E-state index in [9.17, 15) is 4.79 Å². The van der Waals surface area contributed by atoms with E-state index >= 15 is 0 Å². The van der Waals surface area contributed by atoms with Gasteiger partial charge in [0.1, 0.15) is 0 Å².